The lowest BCUT2D eigenvalue weighted by molar-refractivity contribution is -0.301. The third-order valence-corrected chi connectivity index (χ3v) is 16.8. The van der Waals surface area contributed by atoms with E-state index in [2.05, 4.69) is 16.0 Å². The van der Waals surface area contributed by atoms with E-state index in [1.807, 2.05) is 0 Å². The number of aliphatic hydroxyl groups excluding tert-OH is 16. The summed E-state index contributed by atoms with van der Waals surface area (Å²) < 4.78 is 49.4. The Morgan fingerprint density at radius 2 is 0.760 bits per heavy atom. The zero-order valence-corrected chi connectivity index (χ0v) is 53.8. The highest BCUT2D eigenvalue weighted by Gasteiger charge is 2.47. The van der Waals surface area contributed by atoms with Crippen molar-refractivity contribution >= 4 is 29.7 Å². The van der Waals surface area contributed by atoms with Gasteiger partial charge in [-0.15, -0.1) is 0 Å². The number of hydrogen-bond donors (Lipinski definition) is 19. The van der Waals surface area contributed by atoms with Crippen LogP contribution in [0.1, 0.15) is 95.5 Å². The van der Waals surface area contributed by atoms with Crippen LogP contribution >= 0.6 is 0 Å². The maximum atomic E-state index is 13.7. The number of hydrogen-bond acceptors (Lipinski definition) is 30. The van der Waals surface area contributed by atoms with Crippen LogP contribution in [0.25, 0.3) is 0 Å². The van der Waals surface area contributed by atoms with E-state index in [1.54, 1.807) is 30.3 Å². The fourth-order valence-electron chi connectivity index (χ4n) is 10.9. The van der Waals surface area contributed by atoms with Gasteiger partial charge in [-0.05, 0) is 63.4 Å². The maximum absolute atomic E-state index is 13.7. The highest BCUT2D eigenvalue weighted by atomic mass is 16.7. The van der Waals surface area contributed by atoms with Gasteiger partial charge in [-0.1, -0.05) is 43.2 Å². The second kappa shape index (κ2) is 43.8. The molecule has 35 heteroatoms. The van der Waals surface area contributed by atoms with Crippen molar-refractivity contribution in [2.75, 3.05) is 92.1 Å². The quantitative estimate of drug-likeness (QED) is 0.0270. The number of unbranched alkanes of at least 4 members (excludes halogenated alkanes) is 4. The Morgan fingerprint density at radius 1 is 0.417 bits per heavy atom. The monoisotopic (exact) mass is 1390 g/mol. The first kappa shape index (κ1) is 82.1. The van der Waals surface area contributed by atoms with Crippen molar-refractivity contribution in [3.05, 3.63) is 35.9 Å². The zero-order valence-electron chi connectivity index (χ0n) is 53.8. The van der Waals surface area contributed by atoms with Crippen LogP contribution in [-0.2, 0) is 68.4 Å². The first-order valence-electron chi connectivity index (χ1n) is 32.8. The number of rotatable bonds is 43. The fraction of sp³-hybridized carbons (Fsp3) is 0.820. The largest absolute Gasteiger partial charge is 0.445 e. The van der Waals surface area contributed by atoms with Gasteiger partial charge in [0, 0.05) is 58.5 Å². The Hall–Kier alpha value is -4.59. The molecular weight excluding hydrogens is 1280 g/mol. The van der Waals surface area contributed by atoms with Gasteiger partial charge >= 0.3 is 6.09 Å². The minimum absolute atomic E-state index is 0.0633. The lowest BCUT2D eigenvalue weighted by Gasteiger charge is -2.39. The predicted octanol–water partition coefficient (Wildman–Crippen LogP) is -7.10. The molecule has 0 saturated carbocycles. The van der Waals surface area contributed by atoms with Crippen LogP contribution in [0.2, 0.25) is 0 Å². The van der Waals surface area contributed by atoms with E-state index in [0.29, 0.717) is 44.1 Å². The topological polar surface area (TPSA) is 535 Å². The Labute approximate surface area is 555 Å². The van der Waals surface area contributed by atoms with Crippen molar-refractivity contribution in [2.45, 2.75) is 225 Å². The number of alkyl carbamates (subject to hydrolysis) is 1. The SMILES string of the molecule is O=C(CC[C@H](NC(=O)OCc1ccccc1)C(=O)NCCCCCC(=O)N(CCCO[C@H]1O[C@H](CO)[C@@H](O)[C@H](O)[C@@H]1O)CCCO[C@H]1O[C@H](CO)[C@@H](O)[C@H](O)[C@@H]1O)NCCCCCC(=O)N(CCCO[C@H]1O[C@H](CO)[C@@H](O)[C@H](O)[C@@H]1O)CCCO[C@H]1O[C@H](CO)[C@@H](O)[C@H](O)[C@@H]1O. The molecule has 4 heterocycles. The van der Waals surface area contributed by atoms with Crippen molar-refractivity contribution in [1.29, 1.82) is 0 Å². The van der Waals surface area contributed by atoms with Gasteiger partial charge in [-0.2, -0.15) is 0 Å². The second-order valence-corrected chi connectivity index (χ2v) is 24.0. The molecule has 1 aromatic rings. The number of nitrogens with one attached hydrogen (secondary N) is 3. The van der Waals surface area contributed by atoms with Crippen molar-refractivity contribution in [3.63, 3.8) is 0 Å². The van der Waals surface area contributed by atoms with Crippen LogP contribution in [0.3, 0.4) is 0 Å². The van der Waals surface area contributed by atoms with E-state index in [4.69, 9.17) is 42.6 Å². The molecule has 0 bridgehead atoms. The summed E-state index contributed by atoms with van der Waals surface area (Å²) in [5.41, 5.74) is 0.689. The van der Waals surface area contributed by atoms with Gasteiger partial charge in [0.25, 0.3) is 0 Å². The third-order valence-electron chi connectivity index (χ3n) is 16.8. The summed E-state index contributed by atoms with van der Waals surface area (Å²) in [6.07, 6.45) is -27.3. The lowest BCUT2D eigenvalue weighted by atomic mass is 9.99. The van der Waals surface area contributed by atoms with E-state index >= 15 is 0 Å². The third kappa shape index (κ3) is 26.2. The Bertz CT molecular complexity index is 2290. The molecular formula is C61H103N5O30. The van der Waals surface area contributed by atoms with Gasteiger partial charge in [-0.3, -0.25) is 19.2 Å². The molecule has 19 N–H and O–H groups in total. The molecule has 96 heavy (non-hydrogen) atoms. The summed E-state index contributed by atoms with van der Waals surface area (Å²) in [4.78, 5) is 70.0. The molecule has 4 saturated heterocycles. The highest BCUT2D eigenvalue weighted by Crippen LogP contribution is 2.26. The number of ether oxygens (including phenoxy) is 9. The molecule has 0 aliphatic carbocycles. The van der Waals surface area contributed by atoms with Crippen molar-refractivity contribution in [2.24, 2.45) is 0 Å². The number of amides is 5. The average molecular weight is 1390 g/mol. The highest BCUT2D eigenvalue weighted by molar-refractivity contribution is 5.86. The van der Waals surface area contributed by atoms with E-state index in [0.717, 1.165) is 0 Å². The summed E-state index contributed by atoms with van der Waals surface area (Å²) in [7, 11) is 0. The molecule has 5 amide bonds. The van der Waals surface area contributed by atoms with Crippen LogP contribution in [-0.4, -0.2) is 342 Å². The van der Waals surface area contributed by atoms with Gasteiger partial charge in [-0.25, -0.2) is 4.79 Å². The summed E-state index contributed by atoms with van der Waals surface area (Å²) >= 11 is 0. The number of aliphatic hydroxyl groups is 16. The van der Waals surface area contributed by atoms with Gasteiger partial charge < -0.3 is 150 Å². The maximum Gasteiger partial charge on any atom is 0.408 e. The van der Waals surface area contributed by atoms with Crippen LogP contribution in [0, 0.1) is 0 Å². The molecule has 552 valence electrons. The molecule has 0 spiro atoms. The van der Waals surface area contributed by atoms with Crippen molar-refractivity contribution < 1.29 is 148 Å². The minimum Gasteiger partial charge on any atom is -0.445 e. The van der Waals surface area contributed by atoms with Gasteiger partial charge in [0.1, 0.15) is 110 Å². The molecule has 4 fully saturated rings. The van der Waals surface area contributed by atoms with Gasteiger partial charge in [0.15, 0.2) is 25.2 Å². The minimum atomic E-state index is -1.66. The van der Waals surface area contributed by atoms with E-state index in [9.17, 15) is 106 Å². The van der Waals surface area contributed by atoms with Crippen LogP contribution in [0.15, 0.2) is 30.3 Å². The first-order chi connectivity index (χ1) is 46.0. The number of nitrogens with zero attached hydrogens (tertiary/aromatic N) is 2. The molecule has 4 aliphatic heterocycles. The first-order valence-corrected chi connectivity index (χ1v) is 32.8. The standard InChI is InChI=1S/C61H103N5O30/c67-30-37-44(74)48(78)52(82)57(93-37)88-26-10-22-65(23-11-27-89-58-53(83)49(79)45(75)38(31-68)94-58)42(72)16-6-2-8-20-62-41(71)19-18-36(64-61(87)92-34-35-14-4-1-5-15-35)56(86)63-21-9-3-7-17-43(73)66(24-12-28-90-59-54(84)50(80)46(76)39(32-69)95-59)25-13-29-91-60-55(85)51(81)47(77)40(33-70)96-60/h1,4-5,14-15,36-40,44-55,57-60,67-70,74-85H,2-3,6-13,16-34H2,(H,62,71)(H,63,86)(H,64,87)/t36-,37+,38+,39+,40+,44+,45+,46+,47+,48-,49-,50-,51-,52-,53-,54-,55-,57-,58-,59-,60-/m0/s1. The van der Waals surface area contributed by atoms with Crippen molar-refractivity contribution in [1.82, 2.24) is 25.8 Å². The van der Waals surface area contributed by atoms with E-state index in [-0.39, 0.29) is 135 Å². The summed E-state index contributed by atoms with van der Waals surface area (Å²) in [6.45, 7) is -2.15. The molecule has 0 radical (unpaired) electrons. The Kier molecular flexibility index (Phi) is 37.5. The summed E-state index contributed by atoms with van der Waals surface area (Å²) in [5, 5.41) is 169. The molecule has 0 aromatic heterocycles. The number of carbonyl (C=O) groups excluding carboxylic acids is 5. The second-order valence-electron chi connectivity index (χ2n) is 24.0. The van der Waals surface area contributed by atoms with Crippen LogP contribution in [0.5, 0.6) is 0 Å². The van der Waals surface area contributed by atoms with Gasteiger partial charge in [0.2, 0.25) is 23.6 Å². The van der Waals surface area contributed by atoms with Crippen molar-refractivity contribution in [3.8, 4) is 0 Å². The van der Waals surface area contributed by atoms with Gasteiger partial charge in [0.05, 0.1) is 52.9 Å². The van der Waals surface area contributed by atoms with E-state index < -0.39 is 173 Å². The summed E-state index contributed by atoms with van der Waals surface area (Å²) in [6, 6.07) is 7.61. The predicted molar refractivity (Wildman–Crippen MR) is 326 cm³/mol. The molecule has 0 unspecified atom stereocenters. The lowest BCUT2D eigenvalue weighted by Crippen LogP contribution is -2.59. The Balaban J connectivity index is 1.06. The average Bonchev–Trinajstić information content (AvgIpc) is 0.889. The normalized spacial score (nSPS) is 31.0. The number of carbonyl (C=O) groups is 5. The summed E-state index contributed by atoms with van der Waals surface area (Å²) in [5.74, 6) is -1.56. The molecule has 1 aromatic carbocycles. The molecule has 35 nitrogen and oxygen atoms in total. The zero-order chi connectivity index (χ0) is 70.3. The molecule has 4 aliphatic rings. The van der Waals surface area contributed by atoms with Crippen LogP contribution in [0.4, 0.5) is 4.79 Å². The number of benzene rings is 1. The van der Waals surface area contributed by atoms with Crippen LogP contribution < -0.4 is 16.0 Å². The molecule has 5 rings (SSSR count). The smallest absolute Gasteiger partial charge is 0.408 e. The van der Waals surface area contributed by atoms with E-state index in [1.165, 1.54) is 9.80 Å². The fourth-order valence-corrected chi connectivity index (χ4v) is 10.9. The molecule has 21 atom stereocenters. The Morgan fingerprint density at radius 3 is 1.10 bits per heavy atom.